The summed E-state index contributed by atoms with van der Waals surface area (Å²) in [5.41, 5.74) is 1.46. The number of nitrogens with zero attached hydrogens (tertiary/aromatic N) is 3. The molecule has 25 heavy (non-hydrogen) atoms. The van der Waals surface area contributed by atoms with E-state index in [1.807, 2.05) is 6.07 Å². The molecule has 1 aliphatic heterocycles. The number of carbonyl (C=O) groups excluding carboxylic acids is 1. The van der Waals surface area contributed by atoms with Crippen LogP contribution in [0, 0.1) is 10.1 Å². The van der Waals surface area contributed by atoms with Crippen molar-refractivity contribution in [3.63, 3.8) is 0 Å². The molecule has 1 saturated heterocycles. The third-order valence-electron chi connectivity index (χ3n) is 3.99. The van der Waals surface area contributed by atoms with Crippen molar-refractivity contribution in [2.45, 2.75) is 0 Å². The molecule has 0 saturated carbocycles. The van der Waals surface area contributed by atoms with Gasteiger partial charge in [-0.15, -0.1) is 0 Å². The average molecular weight is 365 g/mol. The number of nitrogens with one attached hydrogen (secondary N) is 1. The van der Waals surface area contributed by atoms with Gasteiger partial charge in [0, 0.05) is 31.2 Å². The van der Waals surface area contributed by atoms with Crippen LogP contribution in [0.4, 0.5) is 17.1 Å². The second kappa shape index (κ2) is 7.12. The highest BCUT2D eigenvalue weighted by Crippen LogP contribution is 2.30. The van der Waals surface area contributed by atoms with Gasteiger partial charge in [-0.2, -0.15) is 0 Å². The SMILES string of the molecule is Cn1cc([N+](=O)[O-])cc1C(=O)Nc1cc(Cl)ccc1N1CCOCC1. The van der Waals surface area contributed by atoms with Gasteiger partial charge in [0.1, 0.15) is 5.69 Å². The maximum atomic E-state index is 12.6. The Morgan fingerprint density at radius 2 is 2.04 bits per heavy atom. The van der Waals surface area contributed by atoms with E-state index in [1.165, 1.54) is 16.8 Å². The predicted molar refractivity (Wildman–Crippen MR) is 94.5 cm³/mol. The zero-order valence-corrected chi connectivity index (χ0v) is 14.3. The summed E-state index contributed by atoms with van der Waals surface area (Å²) in [6.07, 6.45) is 1.30. The average Bonchev–Trinajstić information content (AvgIpc) is 2.98. The summed E-state index contributed by atoms with van der Waals surface area (Å²) in [5.74, 6) is -0.438. The molecule has 0 unspecified atom stereocenters. The van der Waals surface area contributed by atoms with Gasteiger partial charge in [-0.3, -0.25) is 14.9 Å². The van der Waals surface area contributed by atoms with Crippen LogP contribution in [0.1, 0.15) is 10.5 Å². The van der Waals surface area contributed by atoms with Crippen molar-refractivity contribution in [2.75, 3.05) is 36.5 Å². The van der Waals surface area contributed by atoms with E-state index in [2.05, 4.69) is 10.2 Å². The lowest BCUT2D eigenvalue weighted by Gasteiger charge is -2.30. The van der Waals surface area contributed by atoms with Gasteiger partial charge in [-0.25, -0.2) is 0 Å². The normalized spacial score (nSPS) is 14.4. The topological polar surface area (TPSA) is 89.6 Å². The van der Waals surface area contributed by atoms with Crippen LogP contribution in [0.25, 0.3) is 0 Å². The van der Waals surface area contributed by atoms with Crippen molar-refractivity contribution in [3.05, 3.63) is 51.3 Å². The number of morpholine rings is 1. The lowest BCUT2D eigenvalue weighted by molar-refractivity contribution is -0.384. The van der Waals surface area contributed by atoms with Crippen LogP contribution in [0.2, 0.25) is 5.02 Å². The number of nitro groups is 1. The Hall–Kier alpha value is -2.58. The minimum atomic E-state index is -0.532. The predicted octanol–water partition coefficient (Wildman–Crippen LogP) is 2.68. The maximum Gasteiger partial charge on any atom is 0.287 e. The fourth-order valence-electron chi connectivity index (χ4n) is 2.75. The standard InChI is InChI=1S/C16H17ClN4O4/c1-19-10-12(21(23)24)9-15(19)16(22)18-13-8-11(17)2-3-14(13)20-4-6-25-7-5-20/h2-3,8-10H,4-7H2,1H3,(H,18,22). The monoisotopic (exact) mass is 364 g/mol. The van der Waals surface area contributed by atoms with E-state index >= 15 is 0 Å². The van der Waals surface area contributed by atoms with Gasteiger partial charge in [-0.1, -0.05) is 11.6 Å². The van der Waals surface area contributed by atoms with Gasteiger partial charge in [-0.05, 0) is 18.2 Å². The van der Waals surface area contributed by atoms with Crippen molar-refractivity contribution >= 4 is 34.6 Å². The fraction of sp³-hybridized carbons (Fsp3) is 0.312. The number of rotatable bonds is 4. The van der Waals surface area contributed by atoms with Crippen LogP contribution < -0.4 is 10.2 Å². The molecule has 0 atom stereocenters. The summed E-state index contributed by atoms with van der Waals surface area (Å²) >= 11 is 6.07. The molecule has 0 radical (unpaired) electrons. The Balaban J connectivity index is 1.88. The van der Waals surface area contributed by atoms with E-state index in [4.69, 9.17) is 16.3 Å². The summed E-state index contributed by atoms with van der Waals surface area (Å²) in [6.45, 7) is 2.64. The number of anilines is 2. The number of hydrogen-bond donors (Lipinski definition) is 1. The first-order valence-corrected chi connectivity index (χ1v) is 8.08. The first-order valence-electron chi connectivity index (χ1n) is 7.70. The van der Waals surface area contributed by atoms with Crippen LogP contribution in [-0.4, -0.2) is 41.7 Å². The number of aromatic nitrogens is 1. The van der Waals surface area contributed by atoms with Crippen molar-refractivity contribution in [1.29, 1.82) is 0 Å². The highest BCUT2D eigenvalue weighted by atomic mass is 35.5. The van der Waals surface area contributed by atoms with Gasteiger partial charge in [0.25, 0.3) is 11.6 Å². The molecule has 1 fully saturated rings. The summed E-state index contributed by atoms with van der Waals surface area (Å²) in [4.78, 5) is 25.0. The van der Waals surface area contributed by atoms with Crippen LogP contribution in [-0.2, 0) is 11.8 Å². The molecular weight excluding hydrogens is 348 g/mol. The van der Waals surface area contributed by atoms with Gasteiger partial charge in [0.05, 0.1) is 35.7 Å². The van der Waals surface area contributed by atoms with Crippen molar-refractivity contribution in [3.8, 4) is 0 Å². The number of carbonyl (C=O) groups is 1. The van der Waals surface area contributed by atoms with E-state index < -0.39 is 10.8 Å². The molecule has 132 valence electrons. The summed E-state index contributed by atoms with van der Waals surface area (Å²) < 4.78 is 6.78. The lowest BCUT2D eigenvalue weighted by atomic mass is 10.2. The summed E-state index contributed by atoms with van der Waals surface area (Å²) in [6, 6.07) is 6.52. The Kier molecular flexibility index (Phi) is 4.91. The Bertz CT molecular complexity index is 814. The van der Waals surface area contributed by atoms with Crippen molar-refractivity contribution < 1.29 is 14.5 Å². The molecule has 0 aliphatic carbocycles. The van der Waals surface area contributed by atoms with Crippen LogP contribution in [0.5, 0.6) is 0 Å². The molecule has 8 nitrogen and oxygen atoms in total. The highest BCUT2D eigenvalue weighted by Gasteiger charge is 2.20. The molecule has 2 heterocycles. The second-order valence-electron chi connectivity index (χ2n) is 5.67. The minimum absolute atomic E-state index is 0.132. The number of benzene rings is 1. The van der Waals surface area contributed by atoms with Gasteiger partial charge in [0.2, 0.25) is 0 Å². The number of ether oxygens (including phenoxy) is 1. The highest BCUT2D eigenvalue weighted by molar-refractivity contribution is 6.31. The molecule has 2 aromatic rings. The fourth-order valence-corrected chi connectivity index (χ4v) is 2.92. The Morgan fingerprint density at radius 1 is 1.32 bits per heavy atom. The third-order valence-corrected chi connectivity index (χ3v) is 4.23. The van der Waals surface area contributed by atoms with E-state index in [9.17, 15) is 14.9 Å². The second-order valence-corrected chi connectivity index (χ2v) is 6.10. The number of amides is 1. The first kappa shape index (κ1) is 17.2. The van der Waals surface area contributed by atoms with Crippen LogP contribution in [0.3, 0.4) is 0 Å². The van der Waals surface area contributed by atoms with Crippen molar-refractivity contribution in [2.24, 2.45) is 7.05 Å². The van der Waals surface area contributed by atoms with Gasteiger partial charge in [0.15, 0.2) is 0 Å². The van der Waals surface area contributed by atoms with Gasteiger partial charge >= 0.3 is 0 Å². The summed E-state index contributed by atoms with van der Waals surface area (Å²) in [7, 11) is 1.59. The number of halogens is 1. The largest absolute Gasteiger partial charge is 0.378 e. The number of hydrogen-bond acceptors (Lipinski definition) is 5. The molecule has 1 amide bonds. The van der Waals surface area contributed by atoms with Crippen LogP contribution >= 0.6 is 11.6 Å². The smallest absolute Gasteiger partial charge is 0.287 e. The van der Waals surface area contributed by atoms with Crippen molar-refractivity contribution in [1.82, 2.24) is 4.57 Å². The zero-order chi connectivity index (χ0) is 18.0. The Morgan fingerprint density at radius 3 is 2.68 bits per heavy atom. The van der Waals surface area contributed by atoms with Gasteiger partial charge < -0.3 is 19.5 Å². The van der Waals surface area contributed by atoms with E-state index in [0.717, 1.165) is 5.69 Å². The van der Waals surface area contributed by atoms with Crippen LogP contribution in [0.15, 0.2) is 30.5 Å². The molecule has 9 heteroatoms. The summed E-state index contributed by atoms with van der Waals surface area (Å²) in [5, 5.41) is 14.2. The van der Waals surface area contributed by atoms with E-state index in [0.29, 0.717) is 37.0 Å². The molecule has 1 aromatic carbocycles. The van der Waals surface area contributed by atoms with E-state index in [1.54, 1.807) is 19.2 Å². The Labute approximate surface area is 149 Å². The first-order chi connectivity index (χ1) is 12.0. The lowest BCUT2D eigenvalue weighted by Crippen LogP contribution is -2.36. The quantitative estimate of drug-likeness (QED) is 0.665. The molecule has 0 bridgehead atoms. The molecule has 1 aliphatic rings. The number of aryl methyl sites for hydroxylation is 1. The third kappa shape index (κ3) is 3.75. The molecule has 0 spiro atoms. The van der Waals surface area contributed by atoms with E-state index in [-0.39, 0.29) is 11.4 Å². The maximum absolute atomic E-state index is 12.6. The molecular formula is C16H17ClN4O4. The minimum Gasteiger partial charge on any atom is -0.378 e. The zero-order valence-electron chi connectivity index (χ0n) is 13.6. The molecule has 1 N–H and O–H groups in total. The molecule has 1 aromatic heterocycles. The molecule has 3 rings (SSSR count).